The van der Waals surface area contributed by atoms with Crippen molar-refractivity contribution in [2.45, 2.75) is 0 Å². The number of rotatable bonds is 0. The summed E-state index contributed by atoms with van der Waals surface area (Å²) in [5, 5.41) is 0. The van der Waals surface area contributed by atoms with Crippen LogP contribution in [0, 0.1) is 0 Å². The molecule has 0 aliphatic carbocycles. The molecule has 60 valence electrons. The van der Waals surface area contributed by atoms with Gasteiger partial charge in [-0.05, 0) is 12.1 Å². The van der Waals surface area contributed by atoms with Gasteiger partial charge in [0.1, 0.15) is 0 Å². The number of hydrogen-bond acceptors (Lipinski definition) is 2. The fourth-order valence-electron chi connectivity index (χ4n) is 0.278. The summed E-state index contributed by atoms with van der Waals surface area (Å²) in [7, 11) is -4.67. The van der Waals surface area contributed by atoms with Crippen LogP contribution in [0.4, 0.5) is 0 Å². The van der Waals surface area contributed by atoms with E-state index in [1.165, 1.54) is 0 Å². The molecule has 0 aliphatic rings. The molecule has 0 aliphatic heterocycles. The SMILES string of the molecule is O=S(=O)(O)O.[KH].c1cc[nH]c1. The van der Waals surface area contributed by atoms with Crippen LogP contribution in [0.5, 0.6) is 0 Å². The van der Waals surface area contributed by atoms with Crippen LogP contribution in [0.25, 0.3) is 0 Å². The molecular weight excluding hydrogens is 197 g/mol. The molecule has 0 atom stereocenters. The van der Waals surface area contributed by atoms with E-state index in [-0.39, 0.29) is 51.4 Å². The van der Waals surface area contributed by atoms with Crippen molar-refractivity contribution in [2.24, 2.45) is 0 Å². The Labute approximate surface area is 107 Å². The topological polar surface area (TPSA) is 90.4 Å². The first-order valence-corrected chi connectivity index (χ1v) is 3.67. The molecule has 1 heterocycles. The van der Waals surface area contributed by atoms with Gasteiger partial charge in [-0.1, -0.05) is 0 Å². The van der Waals surface area contributed by atoms with Crippen LogP contribution in [0.2, 0.25) is 0 Å². The van der Waals surface area contributed by atoms with Crippen LogP contribution in [-0.4, -0.2) is 73.9 Å². The van der Waals surface area contributed by atoms with Gasteiger partial charge in [0.05, 0.1) is 0 Å². The van der Waals surface area contributed by atoms with E-state index < -0.39 is 10.4 Å². The zero-order chi connectivity index (χ0) is 8.04. The molecule has 0 fully saturated rings. The van der Waals surface area contributed by atoms with E-state index in [0.29, 0.717) is 0 Å². The Hall–Kier alpha value is 0.786. The van der Waals surface area contributed by atoms with E-state index >= 15 is 0 Å². The summed E-state index contributed by atoms with van der Waals surface area (Å²) in [6.45, 7) is 0. The van der Waals surface area contributed by atoms with Crippen LogP contribution in [0.15, 0.2) is 24.5 Å². The first-order chi connectivity index (χ1) is 4.50. The Morgan fingerprint density at radius 2 is 1.36 bits per heavy atom. The van der Waals surface area contributed by atoms with E-state index in [4.69, 9.17) is 17.5 Å². The predicted octanol–water partition coefficient (Wildman–Crippen LogP) is -0.287. The molecule has 0 saturated heterocycles. The molecule has 0 bridgehead atoms. The molecule has 0 spiro atoms. The maximum Gasteiger partial charge on any atom is 0.000496 e. The molecule has 11 heavy (non-hydrogen) atoms. The summed E-state index contributed by atoms with van der Waals surface area (Å²) in [5.41, 5.74) is 0. The molecule has 7 heteroatoms. The molecule has 0 saturated carbocycles. The third kappa shape index (κ3) is 24.9. The van der Waals surface area contributed by atoms with Gasteiger partial charge < -0.3 is 4.98 Å². The minimum Gasteiger partial charge on any atom is -0.368 e. The summed E-state index contributed by atoms with van der Waals surface area (Å²) in [6, 6.07) is 3.89. The van der Waals surface area contributed by atoms with Gasteiger partial charge in [0.2, 0.25) is 0 Å². The minimum atomic E-state index is -4.67. The largest absolute Gasteiger partial charge is 0.368 e. The maximum atomic E-state index is 8.74. The normalized spacial score (nSPS) is 8.91. The Kier molecular flexibility index (Phi) is 9.68. The van der Waals surface area contributed by atoms with Crippen LogP contribution in [0.1, 0.15) is 0 Å². The van der Waals surface area contributed by atoms with Crippen molar-refractivity contribution in [3.05, 3.63) is 24.5 Å². The van der Waals surface area contributed by atoms with E-state index in [1.54, 1.807) is 0 Å². The van der Waals surface area contributed by atoms with Gasteiger partial charge in [0.25, 0.3) is 0 Å². The second-order valence-electron chi connectivity index (χ2n) is 1.33. The Balaban J connectivity index is 0. The number of aromatic amines is 1. The smallest absolute Gasteiger partial charge is 0.000496 e. The van der Waals surface area contributed by atoms with Crippen molar-refractivity contribution < 1.29 is 17.5 Å². The minimum absolute atomic E-state index is 0. The number of aromatic nitrogens is 1. The van der Waals surface area contributed by atoms with Crippen molar-refractivity contribution in [2.75, 3.05) is 0 Å². The van der Waals surface area contributed by atoms with Crippen LogP contribution < -0.4 is 0 Å². The molecular formula is C4H8KNO4S. The standard InChI is InChI=1S/C4H5N.K.H2O4S.H/c1-2-4-5-3-1;;1-5(2,3)4;/h1-5H;;(H2,1,2,3,4);. The number of nitrogens with one attached hydrogen (secondary N) is 1. The molecule has 3 N–H and O–H groups in total. The molecule has 5 nitrogen and oxygen atoms in total. The fraction of sp³-hybridized carbons (Fsp3) is 0. The number of hydrogen-bond donors (Lipinski definition) is 3. The predicted molar refractivity (Wildman–Crippen MR) is 42.1 cm³/mol. The molecule has 1 rings (SSSR count). The van der Waals surface area contributed by atoms with Crippen LogP contribution in [0.3, 0.4) is 0 Å². The monoisotopic (exact) mass is 205 g/mol. The Morgan fingerprint density at radius 3 is 1.45 bits per heavy atom. The molecule has 0 radical (unpaired) electrons. The van der Waals surface area contributed by atoms with Gasteiger partial charge in [0.15, 0.2) is 0 Å². The second-order valence-corrected chi connectivity index (χ2v) is 2.23. The van der Waals surface area contributed by atoms with Crippen molar-refractivity contribution in [1.82, 2.24) is 4.98 Å². The van der Waals surface area contributed by atoms with Gasteiger partial charge in [-0.25, -0.2) is 0 Å². The van der Waals surface area contributed by atoms with Crippen molar-refractivity contribution in [3.63, 3.8) is 0 Å². The Bertz CT molecular complexity index is 218. The molecule has 0 unspecified atom stereocenters. The summed E-state index contributed by atoms with van der Waals surface area (Å²) in [5.74, 6) is 0. The van der Waals surface area contributed by atoms with E-state index in [1.807, 2.05) is 24.5 Å². The summed E-state index contributed by atoms with van der Waals surface area (Å²) < 4.78 is 31.6. The Morgan fingerprint density at radius 1 is 1.09 bits per heavy atom. The molecule has 1 aromatic rings. The quantitative estimate of drug-likeness (QED) is 0.401. The second kappa shape index (κ2) is 7.44. The van der Waals surface area contributed by atoms with Gasteiger partial charge in [-0.3, -0.25) is 9.11 Å². The first kappa shape index (κ1) is 14.3. The number of H-pyrrole nitrogens is 1. The first-order valence-electron chi connectivity index (χ1n) is 2.28. The van der Waals surface area contributed by atoms with Crippen molar-refractivity contribution >= 4 is 61.8 Å². The summed E-state index contributed by atoms with van der Waals surface area (Å²) in [4.78, 5) is 2.86. The van der Waals surface area contributed by atoms with Gasteiger partial charge in [0, 0.05) is 12.4 Å². The molecule has 0 amide bonds. The maximum absolute atomic E-state index is 8.74. The van der Waals surface area contributed by atoms with Crippen LogP contribution in [-0.2, 0) is 10.4 Å². The van der Waals surface area contributed by atoms with E-state index in [0.717, 1.165) is 0 Å². The zero-order valence-corrected chi connectivity index (χ0v) is 5.75. The molecule has 1 aromatic heterocycles. The fourth-order valence-corrected chi connectivity index (χ4v) is 0.278. The summed E-state index contributed by atoms with van der Waals surface area (Å²) >= 11 is 0. The van der Waals surface area contributed by atoms with Crippen molar-refractivity contribution in [3.8, 4) is 0 Å². The van der Waals surface area contributed by atoms with Crippen LogP contribution >= 0.6 is 0 Å². The van der Waals surface area contributed by atoms with Gasteiger partial charge >= 0.3 is 61.8 Å². The van der Waals surface area contributed by atoms with Gasteiger partial charge in [-0.2, -0.15) is 8.42 Å². The average Bonchev–Trinajstić information content (AvgIpc) is 2.07. The zero-order valence-electron chi connectivity index (χ0n) is 4.93. The van der Waals surface area contributed by atoms with E-state index in [2.05, 4.69) is 4.98 Å². The third-order valence-corrected chi connectivity index (χ3v) is 0.496. The van der Waals surface area contributed by atoms with E-state index in [9.17, 15) is 0 Å². The molecule has 0 aromatic carbocycles. The average molecular weight is 205 g/mol. The van der Waals surface area contributed by atoms with Crippen molar-refractivity contribution in [1.29, 1.82) is 0 Å². The third-order valence-electron chi connectivity index (χ3n) is 0.496. The van der Waals surface area contributed by atoms with Gasteiger partial charge in [-0.15, -0.1) is 0 Å². The summed E-state index contributed by atoms with van der Waals surface area (Å²) in [6.07, 6.45) is 3.75.